The smallest absolute Gasteiger partial charge is 0.335 e. The zero-order chi connectivity index (χ0) is 25.3. The van der Waals surface area contributed by atoms with Crippen LogP contribution in [0.4, 0.5) is 0 Å². The number of rotatable bonds is 9. The van der Waals surface area contributed by atoms with E-state index >= 15 is 0 Å². The van der Waals surface area contributed by atoms with Crippen LogP contribution in [0.1, 0.15) is 72.0 Å². The molecular weight excluding hydrogens is 452 g/mol. The highest BCUT2D eigenvalue weighted by Crippen LogP contribution is 2.61. The fourth-order valence-electron chi connectivity index (χ4n) is 7.43. The van der Waals surface area contributed by atoms with Gasteiger partial charge in [0.25, 0.3) is 0 Å². The maximum absolute atomic E-state index is 11.4. The Bertz CT molecular complexity index is 1190. The van der Waals surface area contributed by atoms with Crippen LogP contribution >= 0.6 is 0 Å². The first kappa shape index (κ1) is 24.4. The van der Waals surface area contributed by atoms with Crippen molar-refractivity contribution in [3.05, 3.63) is 82.9 Å². The molecule has 4 bridgehead atoms. The molecule has 5 heteroatoms. The normalized spacial score (nSPS) is 26.9. The van der Waals surface area contributed by atoms with Gasteiger partial charge < -0.3 is 14.9 Å². The summed E-state index contributed by atoms with van der Waals surface area (Å²) in [5.74, 6) is 1.54. The Morgan fingerprint density at radius 2 is 1.61 bits per heavy atom. The van der Waals surface area contributed by atoms with E-state index in [0.29, 0.717) is 17.6 Å². The van der Waals surface area contributed by atoms with Gasteiger partial charge in [0.2, 0.25) is 0 Å². The molecule has 2 aromatic carbocycles. The Labute approximate surface area is 212 Å². The predicted octanol–water partition coefficient (Wildman–Crippen LogP) is 6.52. The molecule has 2 N–H and O–H groups in total. The first-order valence-corrected chi connectivity index (χ1v) is 13.0. The van der Waals surface area contributed by atoms with Crippen molar-refractivity contribution in [2.24, 2.45) is 17.8 Å². The molecule has 2 aromatic rings. The Hall–Kier alpha value is -3.34. The number of methoxy groups -OCH3 is 1. The van der Waals surface area contributed by atoms with Crippen LogP contribution in [-0.2, 0) is 16.6 Å². The van der Waals surface area contributed by atoms with Gasteiger partial charge in [0.05, 0.1) is 12.7 Å². The Morgan fingerprint density at radius 3 is 2.22 bits per heavy atom. The minimum atomic E-state index is -1.04. The van der Waals surface area contributed by atoms with Crippen molar-refractivity contribution in [2.75, 3.05) is 7.11 Å². The van der Waals surface area contributed by atoms with E-state index in [-0.39, 0.29) is 11.0 Å². The van der Waals surface area contributed by atoms with Crippen molar-refractivity contribution in [1.29, 1.82) is 0 Å². The summed E-state index contributed by atoms with van der Waals surface area (Å²) in [6.45, 7) is 0. The summed E-state index contributed by atoms with van der Waals surface area (Å²) < 4.78 is 5.85. The van der Waals surface area contributed by atoms with Crippen LogP contribution in [0.3, 0.4) is 0 Å². The van der Waals surface area contributed by atoms with Gasteiger partial charge in [0.15, 0.2) is 0 Å². The third kappa shape index (κ3) is 4.97. The molecule has 0 atom stereocenters. The lowest BCUT2D eigenvalue weighted by Gasteiger charge is -2.57. The lowest BCUT2D eigenvalue weighted by Crippen LogP contribution is -2.48. The number of ether oxygens (including phenoxy) is 1. The summed E-state index contributed by atoms with van der Waals surface area (Å²) in [4.78, 5) is 22.6. The monoisotopic (exact) mass is 486 g/mol. The number of carboxylic acids is 2. The van der Waals surface area contributed by atoms with Crippen LogP contribution in [-0.4, -0.2) is 29.3 Å². The molecule has 0 unspecified atom stereocenters. The van der Waals surface area contributed by atoms with Gasteiger partial charge in [-0.2, -0.15) is 0 Å². The fraction of sp³-hybridized carbons (Fsp3) is 0.419. The third-order valence-corrected chi connectivity index (χ3v) is 8.52. The Kier molecular flexibility index (Phi) is 6.74. The lowest BCUT2D eigenvalue weighted by molar-refractivity contribution is -0.131. The average molecular weight is 487 g/mol. The third-order valence-electron chi connectivity index (χ3n) is 8.52. The number of aromatic carboxylic acids is 1. The summed E-state index contributed by atoms with van der Waals surface area (Å²) in [6, 6.07) is 13.2. The topological polar surface area (TPSA) is 83.8 Å². The predicted molar refractivity (Wildman–Crippen MR) is 139 cm³/mol. The zero-order valence-corrected chi connectivity index (χ0v) is 20.8. The molecule has 4 fully saturated rings. The van der Waals surface area contributed by atoms with Gasteiger partial charge in [-0.1, -0.05) is 30.3 Å². The molecule has 0 saturated heterocycles. The van der Waals surface area contributed by atoms with Crippen LogP contribution in [0.2, 0.25) is 0 Å². The standard InChI is InChI=1S/C31H34O5/c1-36-28-10-8-20(15-27(28)31-17-21-12-22(18-31)14-23(13-21)19-31)4-2-5-24(9-11-29(32)33)25-6-3-7-26(16-25)30(34)35/h3,5-11,15-16,21-23H,2,4,12-14,17-19H2,1H3,(H,32,33)(H,34,35)/b11-9+,24-5-. The van der Waals surface area contributed by atoms with Crippen molar-refractivity contribution in [3.8, 4) is 5.75 Å². The van der Waals surface area contributed by atoms with Crippen LogP contribution in [0.25, 0.3) is 5.57 Å². The first-order chi connectivity index (χ1) is 17.3. The molecule has 4 saturated carbocycles. The number of hydrogen-bond donors (Lipinski definition) is 2. The van der Waals surface area contributed by atoms with Gasteiger partial charge in [0.1, 0.15) is 5.75 Å². The summed E-state index contributed by atoms with van der Waals surface area (Å²) >= 11 is 0. The SMILES string of the molecule is COc1ccc(CC/C=C(/C=C/C(=O)O)c2cccc(C(=O)O)c2)cc1C12CC3CC(CC(C3)C1)C2. The van der Waals surface area contributed by atoms with Crippen LogP contribution < -0.4 is 4.74 Å². The molecule has 0 aromatic heterocycles. The summed E-state index contributed by atoms with van der Waals surface area (Å²) in [5, 5.41) is 18.5. The molecular formula is C31H34O5. The van der Waals surface area contributed by atoms with E-state index in [1.165, 1.54) is 61.8 Å². The van der Waals surface area contributed by atoms with Crippen molar-refractivity contribution in [2.45, 2.75) is 56.8 Å². The van der Waals surface area contributed by atoms with Gasteiger partial charge in [-0.3, -0.25) is 0 Å². The molecule has 0 radical (unpaired) electrons. The second kappa shape index (κ2) is 9.96. The number of aliphatic carboxylic acids is 1. The maximum Gasteiger partial charge on any atom is 0.335 e. The fourth-order valence-corrected chi connectivity index (χ4v) is 7.43. The molecule has 0 spiro atoms. The lowest BCUT2D eigenvalue weighted by atomic mass is 9.48. The second-order valence-electron chi connectivity index (χ2n) is 11.0. The van der Waals surface area contributed by atoms with Crippen LogP contribution in [0, 0.1) is 17.8 Å². The van der Waals surface area contributed by atoms with Crippen molar-refractivity contribution >= 4 is 17.5 Å². The van der Waals surface area contributed by atoms with E-state index in [1.54, 1.807) is 19.2 Å². The molecule has 5 nitrogen and oxygen atoms in total. The molecule has 4 aliphatic carbocycles. The van der Waals surface area contributed by atoms with Gasteiger partial charge in [-0.05, 0) is 116 Å². The second-order valence-corrected chi connectivity index (χ2v) is 11.0. The van der Waals surface area contributed by atoms with E-state index in [4.69, 9.17) is 9.84 Å². The van der Waals surface area contributed by atoms with Gasteiger partial charge in [-0.25, -0.2) is 9.59 Å². The Balaban J connectivity index is 1.39. The van der Waals surface area contributed by atoms with E-state index in [1.807, 2.05) is 12.1 Å². The molecule has 36 heavy (non-hydrogen) atoms. The van der Waals surface area contributed by atoms with Gasteiger partial charge in [0, 0.05) is 11.6 Å². The number of hydrogen-bond acceptors (Lipinski definition) is 3. The summed E-state index contributed by atoms with van der Waals surface area (Å²) in [6.07, 6.45) is 14.2. The zero-order valence-electron chi connectivity index (χ0n) is 20.8. The first-order valence-electron chi connectivity index (χ1n) is 13.0. The quantitative estimate of drug-likeness (QED) is 0.311. The van der Waals surface area contributed by atoms with E-state index in [2.05, 4.69) is 18.2 Å². The van der Waals surface area contributed by atoms with Crippen LogP contribution in [0.5, 0.6) is 5.75 Å². The highest BCUT2D eigenvalue weighted by atomic mass is 16.5. The van der Waals surface area contributed by atoms with Crippen LogP contribution in [0.15, 0.2) is 60.7 Å². The molecule has 4 aliphatic rings. The number of allylic oxidation sites excluding steroid dienone is 3. The molecule has 0 amide bonds. The summed E-state index contributed by atoms with van der Waals surface area (Å²) in [7, 11) is 1.77. The molecule has 6 rings (SSSR count). The van der Waals surface area contributed by atoms with E-state index < -0.39 is 11.9 Å². The maximum atomic E-state index is 11.4. The number of benzene rings is 2. The molecule has 0 heterocycles. The minimum absolute atomic E-state index is 0.178. The van der Waals surface area contributed by atoms with Crippen molar-refractivity contribution in [1.82, 2.24) is 0 Å². The molecule has 0 aliphatic heterocycles. The van der Waals surface area contributed by atoms with Crippen molar-refractivity contribution in [3.63, 3.8) is 0 Å². The number of carbonyl (C=O) groups is 2. The Morgan fingerprint density at radius 1 is 0.944 bits per heavy atom. The minimum Gasteiger partial charge on any atom is -0.496 e. The molecule has 188 valence electrons. The number of carboxylic acid groups (broad SMARTS) is 2. The number of aryl methyl sites for hydroxylation is 1. The van der Waals surface area contributed by atoms with E-state index in [9.17, 15) is 14.7 Å². The highest BCUT2D eigenvalue weighted by Gasteiger charge is 2.52. The average Bonchev–Trinajstić information content (AvgIpc) is 2.85. The largest absolute Gasteiger partial charge is 0.496 e. The summed E-state index contributed by atoms with van der Waals surface area (Å²) in [5.41, 5.74) is 4.45. The highest BCUT2D eigenvalue weighted by molar-refractivity contribution is 5.90. The van der Waals surface area contributed by atoms with Gasteiger partial charge >= 0.3 is 11.9 Å². The van der Waals surface area contributed by atoms with E-state index in [0.717, 1.165) is 36.0 Å². The van der Waals surface area contributed by atoms with Crippen molar-refractivity contribution < 1.29 is 24.5 Å². The van der Waals surface area contributed by atoms with Gasteiger partial charge in [-0.15, -0.1) is 0 Å².